The zero-order valence-electron chi connectivity index (χ0n) is 8.06. The fourth-order valence-corrected chi connectivity index (χ4v) is 1.84. The molecule has 3 rings (SSSR count). The molecule has 2 aromatic heterocycles. The predicted octanol–water partition coefficient (Wildman–Crippen LogP) is 2.18. The first-order chi connectivity index (χ1) is 7.27. The van der Waals surface area contributed by atoms with Gasteiger partial charge in [0.2, 0.25) is 4.77 Å². The fraction of sp³-hybridized carbons (Fsp3) is 0.100. The van der Waals surface area contributed by atoms with Crippen molar-refractivity contribution in [2.45, 2.75) is 0 Å². The van der Waals surface area contributed by atoms with Crippen molar-refractivity contribution in [2.24, 2.45) is 7.05 Å². The molecule has 0 spiro atoms. The number of nitrogens with zero attached hydrogens (tertiary/aromatic N) is 3. The standard InChI is InChI=1S/C10H8N4S/c1-14-9-8(12-13-10(14)15)6-4-2-3-5-7(6)11-9/h2-5,11H,1H3. The van der Waals surface area contributed by atoms with Crippen LogP contribution in [0.3, 0.4) is 0 Å². The molecule has 0 bridgehead atoms. The highest BCUT2D eigenvalue weighted by Gasteiger charge is 2.07. The second-order valence-electron chi connectivity index (χ2n) is 3.41. The number of fused-ring (bicyclic) bond motifs is 3. The van der Waals surface area contributed by atoms with Crippen molar-refractivity contribution in [3.05, 3.63) is 29.0 Å². The van der Waals surface area contributed by atoms with Gasteiger partial charge in [0.1, 0.15) is 11.2 Å². The minimum Gasteiger partial charge on any atom is -0.339 e. The third kappa shape index (κ3) is 1.10. The second kappa shape index (κ2) is 2.87. The van der Waals surface area contributed by atoms with Crippen LogP contribution in [-0.2, 0) is 7.05 Å². The first kappa shape index (κ1) is 8.55. The van der Waals surface area contributed by atoms with Gasteiger partial charge in [0, 0.05) is 18.0 Å². The Balaban J connectivity index is 2.66. The summed E-state index contributed by atoms with van der Waals surface area (Å²) in [5.74, 6) is 0. The van der Waals surface area contributed by atoms with Gasteiger partial charge in [-0.15, -0.1) is 10.2 Å². The van der Waals surface area contributed by atoms with Gasteiger partial charge in [-0.1, -0.05) is 18.2 Å². The number of para-hydroxylation sites is 1. The third-order valence-electron chi connectivity index (χ3n) is 2.52. The van der Waals surface area contributed by atoms with Crippen LogP contribution in [0, 0.1) is 4.77 Å². The van der Waals surface area contributed by atoms with Gasteiger partial charge < -0.3 is 9.55 Å². The van der Waals surface area contributed by atoms with Crippen molar-refractivity contribution >= 4 is 34.3 Å². The van der Waals surface area contributed by atoms with E-state index in [1.54, 1.807) is 0 Å². The summed E-state index contributed by atoms with van der Waals surface area (Å²) in [6, 6.07) is 8.00. The van der Waals surface area contributed by atoms with Gasteiger partial charge in [-0.25, -0.2) is 0 Å². The molecule has 0 saturated heterocycles. The number of H-pyrrole nitrogens is 1. The monoisotopic (exact) mass is 216 g/mol. The van der Waals surface area contributed by atoms with Crippen molar-refractivity contribution in [1.82, 2.24) is 19.7 Å². The summed E-state index contributed by atoms with van der Waals surface area (Å²) in [7, 11) is 1.88. The van der Waals surface area contributed by atoms with Crippen LogP contribution in [-0.4, -0.2) is 19.7 Å². The Kier molecular flexibility index (Phi) is 1.63. The van der Waals surface area contributed by atoms with E-state index in [0.717, 1.165) is 22.1 Å². The van der Waals surface area contributed by atoms with Crippen LogP contribution >= 0.6 is 12.2 Å². The van der Waals surface area contributed by atoms with Crippen LogP contribution in [0.2, 0.25) is 0 Å². The highest BCUT2D eigenvalue weighted by Crippen LogP contribution is 2.21. The van der Waals surface area contributed by atoms with Crippen LogP contribution in [0.1, 0.15) is 0 Å². The van der Waals surface area contributed by atoms with E-state index in [2.05, 4.69) is 15.2 Å². The number of aryl methyl sites for hydroxylation is 1. The van der Waals surface area contributed by atoms with Crippen molar-refractivity contribution < 1.29 is 0 Å². The molecule has 0 fully saturated rings. The molecule has 0 saturated carbocycles. The first-order valence-corrected chi connectivity index (χ1v) is 4.98. The molecule has 3 aromatic rings. The van der Waals surface area contributed by atoms with E-state index in [1.807, 2.05) is 35.9 Å². The molecule has 4 nitrogen and oxygen atoms in total. The molecule has 1 aromatic carbocycles. The average molecular weight is 216 g/mol. The number of hydrogen-bond acceptors (Lipinski definition) is 3. The minimum atomic E-state index is 0.481. The van der Waals surface area contributed by atoms with Gasteiger partial charge in [0.15, 0.2) is 0 Å². The number of hydrogen-bond donors (Lipinski definition) is 1. The van der Waals surface area contributed by atoms with Crippen molar-refractivity contribution in [3.63, 3.8) is 0 Å². The Morgan fingerprint density at radius 2 is 2.07 bits per heavy atom. The fourth-order valence-electron chi connectivity index (χ4n) is 1.71. The summed E-state index contributed by atoms with van der Waals surface area (Å²) >= 11 is 5.05. The molecule has 0 aliphatic rings. The minimum absolute atomic E-state index is 0.481. The Bertz CT molecular complexity index is 710. The molecule has 2 heterocycles. The van der Waals surface area contributed by atoms with Gasteiger partial charge in [-0.3, -0.25) is 0 Å². The Hall–Kier alpha value is -1.75. The summed E-state index contributed by atoms with van der Waals surface area (Å²) in [5.41, 5.74) is 2.83. The van der Waals surface area contributed by atoms with E-state index in [0.29, 0.717) is 4.77 Å². The average Bonchev–Trinajstić information content (AvgIpc) is 2.63. The topological polar surface area (TPSA) is 46.5 Å². The van der Waals surface area contributed by atoms with Gasteiger partial charge >= 0.3 is 0 Å². The van der Waals surface area contributed by atoms with Crippen LogP contribution < -0.4 is 0 Å². The Morgan fingerprint density at radius 1 is 1.27 bits per heavy atom. The van der Waals surface area contributed by atoms with E-state index in [1.165, 1.54) is 0 Å². The van der Waals surface area contributed by atoms with E-state index in [9.17, 15) is 0 Å². The molecule has 0 atom stereocenters. The highest BCUT2D eigenvalue weighted by molar-refractivity contribution is 7.71. The van der Waals surface area contributed by atoms with Crippen molar-refractivity contribution in [1.29, 1.82) is 0 Å². The van der Waals surface area contributed by atoms with Gasteiger partial charge in [-0.2, -0.15) is 0 Å². The zero-order chi connectivity index (χ0) is 10.4. The maximum atomic E-state index is 5.05. The number of aromatic nitrogens is 4. The lowest BCUT2D eigenvalue weighted by molar-refractivity contribution is 0.832. The lowest BCUT2D eigenvalue weighted by atomic mass is 10.2. The van der Waals surface area contributed by atoms with Gasteiger partial charge in [0.05, 0.1) is 0 Å². The first-order valence-electron chi connectivity index (χ1n) is 4.57. The van der Waals surface area contributed by atoms with E-state index >= 15 is 0 Å². The highest BCUT2D eigenvalue weighted by atomic mass is 32.1. The summed E-state index contributed by atoms with van der Waals surface area (Å²) in [4.78, 5) is 3.28. The lowest BCUT2D eigenvalue weighted by Gasteiger charge is -1.97. The van der Waals surface area contributed by atoms with Crippen LogP contribution in [0.5, 0.6) is 0 Å². The van der Waals surface area contributed by atoms with E-state index < -0.39 is 0 Å². The summed E-state index contributed by atoms with van der Waals surface area (Å²) in [6.07, 6.45) is 0. The maximum absolute atomic E-state index is 5.05. The van der Waals surface area contributed by atoms with Crippen molar-refractivity contribution in [2.75, 3.05) is 0 Å². The number of rotatable bonds is 0. The number of nitrogens with one attached hydrogen (secondary N) is 1. The molecule has 0 radical (unpaired) electrons. The maximum Gasteiger partial charge on any atom is 0.221 e. The second-order valence-corrected chi connectivity index (χ2v) is 3.77. The molecule has 5 heteroatoms. The van der Waals surface area contributed by atoms with Crippen LogP contribution in [0.4, 0.5) is 0 Å². The lowest BCUT2D eigenvalue weighted by Crippen LogP contribution is -1.98. The molecular formula is C10H8N4S. The zero-order valence-corrected chi connectivity index (χ0v) is 8.88. The van der Waals surface area contributed by atoms with E-state index in [-0.39, 0.29) is 0 Å². The molecule has 0 amide bonds. The summed E-state index contributed by atoms with van der Waals surface area (Å²) in [6.45, 7) is 0. The third-order valence-corrected chi connectivity index (χ3v) is 2.87. The summed E-state index contributed by atoms with van der Waals surface area (Å²) in [5, 5.41) is 9.14. The number of benzene rings is 1. The van der Waals surface area contributed by atoms with Gasteiger partial charge in [-0.05, 0) is 18.3 Å². The predicted molar refractivity (Wildman–Crippen MR) is 61.2 cm³/mol. The molecular weight excluding hydrogens is 208 g/mol. The van der Waals surface area contributed by atoms with Crippen molar-refractivity contribution in [3.8, 4) is 0 Å². The molecule has 1 N–H and O–H groups in total. The smallest absolute Gasteiger partial charge is 0.221 e. The molecule has 0 aliphatic heterocycles. The largest absolute Gasteiger partial charge is 0.339 e. The van der Waals surface area contributed by atoms with Gasteiger partial charge in [0.25, 0.3) is 0 Å². The Labute approximate surface area is 90.6 Å². The normalized spacial score (nSPS) is 11.3. The Morgan fingerprint density at radius 3 is 2.93 bits per heavy atom. The quantitative estimate of drug-likeness (QED) is 0.586. The van der Waals surface area contributed by atoms with Crippen LogP contribution in [0.25, 0.3) is 22.1 Å². The SMILES string of the molecule is Cn1c(=S)nnc2c3ccccc3[nH]c21. The molecule has 0 aliphatic carbocycles. The number of aromatic amines is 1. The molecule has 74 valence electrons. The van der Waals surface area contributed by atoms with Crippen LogP contribution in [0.15, 0.2) is 24.3 Å². The molecule has 0 unspecified atom stereocenters. The summed E-state index contributed by atoms with van der Waals surface area (Å²) < 4.78 is 2.31. The molecule has 15 heavy (non-hydrogen) atoms. The van der Waals surface area contributed by atoms with E-state index in [4.69, 9.17) is 12.2 Å².